The van der Waals surface area contributed by atoms with Crippen molar-refractivity contribution in [3.05, 3.63) is 51.3 Å². The number of benzene rings is 1. The lowest BCUT2D eigenvalue weighted by atomic mass is 9.99. The van der Waals surface area contributed by atoms with Crippen LogP contribution in [0.5, 0.6) is 0 Å². The normalized spacial score (nSPS) is 18.5. The first-order chi connectivity index (χ1) is 15.0. The molecule has 3 aromatic rings. The van der Waals surface area contributed by atoms with Crippen molar-refractivity contribution in [2.24, 2.45) is 7.05 Å². The number of rotatable bonds is 3. The molecule has 0 N–H and O–H groups in total. The Balaban J connectivity index is 1.94. The summed E-state index contributed by atoms with van der Waals surface area (Å²) < 4.78 is 45.1. The Morgan fingerprint density at radius 1 is 1.22 bits per heavy atom. The molecule has 0 spiro atoms. The second-order valence-corrected chi connectivity index (χ2v) is 8.74. The molecule has 1 aliphatic heterocycles. The molecule has 0 aliphatic carbocycles. The minimum absolute atomic E-state index is 0.0326. The SMILES string of the molecule is Cc1nc2cc(N3CCC(F)(F)[C@H](N(C)C)C3)nc(-c3ccc(Cl)cc3F)c2c(=O)n1C. The fourth-order valence-electron chi connectivity index (χ4n) is 4.05. The van der Waals surface area contributed by atoms with E-state index in [-0.39, 0.29) is 46.7 Å². The highest BCUT2D eigenvalue weighted by molar-refractivity contribution is 6.30. The summed E-state index contributed by atoms with van der Waals surface area (Å²) in [6, 6.07) is 4.71. The van der Waals surface area contributed by atoms with E-state index in [1.165, 1.54) is 21.6 Å². The van der Waals surface area contributed by atoms with Crippen LogP contribution in [0, 0.1) is 12.7 Å². The molecule has 1 atom stereocenters. The van der Waals surface area contributed by atoms with Crippen LogP contribution in [0.25, 0.3) is 22.2 Å². The van der Waals surface area contributed by atoms with Gasteiger partial charge in [-0.1, -0.05) is 11.6 Å². The number of pyridine rings is 1. The van der Waals surface area contributed by atoms with Crippen LogP contribution in [0.2, 0.25) is 5.02 Å². The summed E-state index contributed by atoms with van der Waals surface area (Å²) in [6.07, 6.45) is -0.344. The summed E-state index contributed by atoms with van der Waals surface area (Å²) in [5.41, 5.74) is 0.167. The van der Waals surface area contributed by atoms with Gasteiger partial charge in [0, 0.05) is 43.2 Å². The van der Waals surface area contributed by atoms with Gasteiger partial charge in [0.05, 0.1) is 22.6 Å². The molecule has 6 nitrogen and oxygen atoms in total. The molecule has 1 aliphatic rings. The third-order valence-electron chi connectivity index (χ3n) is 6.00. The Kier molecular flexibility index (Phi) is 5.67. The number of anilines is 1. The standard InChI is InChI=1S/C22H23ClF3N5O/c1-12-27-16-10-18(31-8-7-22(25,26)17(11-31)29(2)3)28-20(19(16)21(32)30(12)4)14-6-5-13(23)9-15(14)24/h5-6,9-10,17H,7-8,11H2,1-4H3/t17-/m1/s1. The van der Waals surface area contributed by atoms with E-state index < -0.39 is 17.8 Å². The summed E-state index contributed by atoms with van der Waals surface area (Å²) in [6.45, 7) is 1.79. The number of hydrogen-bond donors (Lipinski definition) is 0. The molecule has 0 radical (unpaired) electrons. The second kappa shape index (κ2) is 8.04. The van der Waals surface area contributed by atoms with Gasteiger partial charge >= 0.3 is 0 Å². The van der Waals surface area contributed by atoms with E-state index in [9.17, 15) is 18.0 Å². The maximum absolute atomic E-state index is 14.8. The fourth-order valence-corrected chi connectivity index (χ4v) is 4.21. The number of nitrogens with zero attached hydrogens (tertiary/aromatic N) is 5. The van der Waals surface area contributed by atoms with Crippen LogP contribution < -0.4 is 10.5 Å². The Hall–Kier alpha value is -2.65. The maximum Gasteiger partial charge on any atom is 0.266 e. The van der Waals surface area contributed by atoms with Gasteiger partial charge in [-0.2, -0.15) is 0 Å². The van der Waals surface area contributed by atoms with Crippen molar-refractivity contribution in [2.75, 3.05) is 32.1 Å². The second-order valence-electron chi connectivity index (χ2n) is 8.31. The van der Waals surface area contributed by atoms with E-state index in [2.05, 4.69) is 9.97 Å². The number of piperidine rings is 1. The van der Waals surface area contributed by atoms with Crippen LogP contribution in [-0.2, 0) is 7.05 Å². The Morgan fingerprint density at radius 3 is 2.59 bits per heavy atom. The van der Waals surface area contributed by atoms with Crippen molar-refractivity contribution in [3.63, 3.8) is 0 Å². The Morgan fingerprint density at radius 2 is 1.94 bits per heavy atom. The average molecular weight is 466 g/mol. The highest BCUT2D eigenvalue weighted by Gasteiger charge is 2.45. The lowest BCUT2D eigenvalue weighted by molar-refractivity contribution is -0.0816. The first-order valence-corrected chi connectivity index (χ1v) is 10.5. The first-order valence-electron chi connectivity index (χ1n) is 10.1. The molecule has 0 saturated carbocycles. The Labute approximate surface area is 188 Å². The first kappa shape index (κ1) is 22.5. The molecule has 1 saturated heterocycles. The van der Waals surface area contributed by atoms with E-state index in [0.717, 1.165) is 6.07 Å². The molecule has 2 aromatic heterocycles. The molecule has 4 rings (SSSR count). The third kappa shape index (κ3) is 3.84. The molecule has 1 aromatic carbocycles. The van der Waals surface area contributed by atoms with Crippen LogP contribution >= 0.6 is 11.6 Å². The van der Waals surface area contributed by atoms with Crippen molar-refractivity contribution < 1.29 is 13.2 Å². The number of aryl methyl sites for hydroxylation is 1. The number of aromatic nitrogens is 3. The molecule has 3 heterocycles. The fraction of sp³-hybridized carbons (Fsp3) is 0.409. The van der Waals surface area contributed by atoms with Crippen molar-refractivity contribution in [1.82, 2.24) is 19.4 Å². The molecule has 0 amide bonds. The smallest absolute Gasteiger partial charge is 0.266 e. The molecular formula is C22H23ClF3N5O. The minimum Gasteiger partial charge on any atom is -0.355 e. The lowest BCUT2D eigenvalue weighted by Crippen LogP contribution is -2.57. The molecule has 32 heavy (non-hydrogen) atoms. The summed E-state index contributed by atoms with van der Waals surface area (Å²) in [5.74, 6) is -2.64. The van der Waals surface area contributed by atoms with Crippen LogP contribution in [0.3, 0.4) is 0 Å². The van der Waals surface area contributed by atoms with Crippen LogP contribution in [-0.4, -0.2) is 58.6 Å². The molecule has 10 heteroatoms. The highest BCUT2D eigenvalue weighted by atomic mass is 35.5. The van der Waals surface area contributed by atoms with Crippen LogP contribution in [0.4, 0.5) is 19.0 Å². The molecule has 170 valence electrons. The van der Waals surface area contributed by atoms with Gasteiger partial charge < -0.3 is 4.90 Å². The number of likely N-dealkylation sites (N-methyl/N-ethyl adjacent to an activating group) is 1. The van der Waals surface area contributed by atoms with Gasteiger partial charge in [-0.05, 0) is 39.2 Å². The zero-order valence-electron chi connectivity index (χ0n) is 18.2. The molecule has 0 bridgehead atoms. The van der Waals surface area contributed by atoms with Crippen LogP contribution in [0.15, 0.2) is 29.1 Å². The topological polar surface area (TPSA) is 54.3 Å². The average Bonchev–Trinajstić information content (AvgIpc) is 2.71. The van der Waals surface area contributed by atoms with Gasteiger partial charge in [0.25, 0.3) is 11.5 Å². The minimum atomic E-state index is -2.84. The number of alkyl halides is 2. The van der Waals surface area contributed by atoms with Gasteiger partial charge in [0.15, 0.2) is 0 Å². The molecular weight excluding hydrogens is 443 g/mol. The number of hydrogen-bond acceptors (Lipinski definition) is 5. The van der Waals surface area contributed by atoms with E-state index in [1.54, 1.807) is 39.0 Å². The summed E-state index contributed by atoms with van der Waals surface area (Å²) >= 11 is 5.90. The van der Waals surface area contributed by atoms with E-state index in [4.69, 9.17) is 11.6 Å². The lowest BCUT2D eigenvalue weighted by Gasteiger charge is -2.42. The molecule has 0 unspecified atom stereocenters. The maximum atomic E-state index is 14.8. The number of halogens is 4. The summed E-state index contributed by atoms with van der Waals surface area (Å²) in [4.78, 5) is 25.4. The third-order valence-corrected chi connectivity index (χ3v) is 6.24. The predicted octanol–water partition coefficient (Wildman–Crippen LogP) is 3.87. The quantitative estimate of drug-likeness (QED) is 0.587. The van der Waals surface area contributed by atoms with Gasteiger partial charge in [-0.3, -0.25) is 14.3 Å². The zero-order valence-corrected chi connectivity index (χ0v) is 18.9. The Bertz CT molecular complexity index is 1260. The summed E-state index contributed by atoms with van der Waals surface area (Å²) in [7, 11) is 4.80. The van der Waals surface area contributed by atoms with Gasteiger partial charge in [0.2, 0.25) is 0 Å². The zero-order chi connectivity index (χ0) is 23.4. The van der Waals surface area contributed by atoms with Gasteiger partial charge in [-0.25, -0.2) is 23.1 Å². The van der Waals surface area contributed by atoms with E-state index in [1.807, 2.05) is 0 Å². The van der Waals surface area contributed by atoms with Gasteiger partial charge in [0.1, 0.15) is 17.5 Å². The van der Waals surface area contributed by atoms with Crippen molar-refractivity contribution in [1.29, 1.82) is 0 Å². The molecule has 1 fully saturated rings. The summed E-state index contributed by atoms with van der Waals surface area (Å²) in [5, 5.41) is 0.371. The van der Waals surface area contributed by atoms with Crippen LogP contribution in [0.1, 0.15) is 12.2 Å². The largest absolute Gasteiger partial charge is 0.355 e. The predicted molar refractivity (Wildman–Crippen MR) is 119 cm³/mol. The number of fused-ring (bicyclic) bond motifs is 1. The van der Waals surface area contributed by atoms with E-state index >= 15 is 0 Å². The van der Waals surface area contributed by atoms with E-state index in [0.29, 0.717) is 17.2 Å². The monoisotopic (exact) mass is 465 g/mol. The van der Waals surface area contributed by atoms with Crippen molar-refractivity contribution >= 4 is 28.3 Å². The van der Waals surface area contributed by atoms with Crippen molar-refractivity contribution in [2.45, 2.75) is 25.3 Å². The van der Waals surface area contributed by atoms with Crippen molar-refractivity contribution in [3.8, 4) is 11.3 Å². The van der Waals surface area contributed by atoms with Gasteiger partial charge in [-0.15, -0.1) is 0 Å². The highest BCUT2D eigenvalue weighted by Crippen LogP contribution is 2.35.